The van der Waals surface area contributed by atoms with Gasteiger partial charge in [0.15, 0.2) is 5.82 Å². The molecule has 0 spiro atoms. The third-order valence-electron chi connectivity index (χ3n) is 4.71. The summed E-state index contributed by atoms with van der Waals surface area (Å²) >= 11 is 0. The number of benzene rings is 2. The molecule has 0 aliphatic heterocycles. The van der Waals surface area contributed by atoms with Gasteiger partial charge in [0.05, 0.1) is 25.6 Å². The second kappa shape index (κ2) is 11.6. The van der Waals surface area contributed by atoms with Crippen molar-refractivity contribution in [1.82, 2.24) is 19.9 Å². The molecule has 2 N–H and O–H groups in total. The molecule has 0 radical (unpaired) electrons. The first kappa shape index (κ1) is 24.5. The predicted octanol–water partition coefficient (Wildman–Crippen LogP) is 3.36. The molecule has 0 aliphatic carbocycles. The monoisotopic (exact) mass is 464 g/mol. The zero-order valence-electron chi connectivity index (χ0n) is 19.7. The molecule has 1 heterocycles. The summed E-state index contributed by atoms with van der Waals surface area (Å²) in [4.78, 5) is 27.0. The number of aromatic nitrogens is 3. The molecular weight excluding hydrogens is 436 g/mol. The van der Waals surface area contributed by atoms with Gasteiger partial charge in [0.1, 0.15) is 30.2 Å². The number of carbonyl (C=O) groups is 1. The average molecular weight is 465 g/mol. The lowest BCUT2D eigenvalue weighted by molar-refractivity contribution is -0.111. The largest absolute Gasteiger partial charge is 0.497 e. The Labute approximate surface area is 198 Å². The first-order valence-corrected chi connectivity index (χ1v) is 10.5. The molecule has 1 aromatic heterocycles. The fourth-order valence-corrected chi connectivity index (χ4v) is 2.92. The van der Waals surface area contributed by atoms with Crippen molar-refractivity contribution in [3.63, 3.8) is 0 Å². The minimum absolute atomic E-state index is 0.307. The molecule has 3 aromatic rings. The number of anilines is 3. The molecule has 1 amide bonds. The Hall–Kier alpha value is -4.18. The fraction of sp³-hybridized carbons (Fsp3) is 0.250. The Morgan fingerprint density at radius 2 is 1.82 bits per heavy atom. The quantitative estimate of drug-likeness (QED) is 0.413. The average Bonchev–Trinajstić information content (AvgIpc) is 2.85. The van der Waals surface area contributed by atoms with Gasteiger partial charge in [0.2, 0.25) is 11.9 Å². The van der Waals surface area contributed by atoms with E-state index >= 15 is 0 Å². The number of amides is 1. The normalized spacial score (nSPS) is 10.5. The zero-order chi connectivity index (χ0) is 24.5. The van der Waals surface area contributed by atoms with Crippen LogP contribution < -0.4 is 24.8 Å². The molecule has 0 bridgehead atoms. The second-order valence-corrected chi connectivity index (χ2v) is 7.38. The van der Waals surface area contributed by atoms with Crippen molar-refractivity contribution in [2.24, 2.45) is 0 Å². The highest BCUT2D eigenvalue weighted by Gasteiger charge is 2.15. The standard InChI is InChI=1S/C24H28N6O4/c1-6-22(31)27-19-13-18(20(33-5)14-21(19)34-12-11-30(2)3)28-24-26-15-25-23(29-24)16-7-9-17(32-4)10-8-16/h6-10,13-15H,1,11-12H2,2-5H3,(H,27,31)(H,25,26,28,29). The molecule has 0 aliphatic rings. The Bertz CT molecular complexity index is 1130. The smallest absolute Gasteiger partial charge is 0.247 e. The van der Waals surface area contributed by atoms with E-state index in [4.69, 9.17) is 14.2 Å². The van der Waals surface area contributed by atoms with Crippen molar-refractivity contribution in [1.29, 1.82) is 0 Å². The number of nitrogens with zero attached hydrogens (tertiary/aromatic N) is 4. The fourth-order valence-electron chi connectivity index (χ4n) is 2.92. The maximum absolute atomic E-state index is 12.0. The molecule has 10 heteroatoms. The van der Waals surface area contributed by atoms with E-state index in [1.807, 2.05) is 43.3 Å². The molecule has 178 valence electrons. The van der Waals surface area contributed by atoms with Gasteiger partial charge < -0.3 is 29.7 Å². The van der Waals surface area contributed by atoms with Crippen LogP contribution in [0.1, 0.15) is 0 Å². The van der Waals surface area contributed by atoms with E-state index in [1.165, 1.54) is 12.4 Å². The number of carbonyl (C=O) groups excluding carboxylic acids is 1. The van der Waals surface area contributed by atoms with Crippen LogP contribution in [0.15, 0.2) is 55.4 Å². The highest BCUT2D eigenvalue weighted by atomic mass is 16.5. The molecule has 3 rings (SSSR count). The lowest BCUT2D eigenvalue weighted by Crippen LogP contribution is -2.20. The Kier molecular flexibility index (Phi) is 8.36. The first-order chi connectivity index (χ1) is 16.4. The maximum Gasteiger partial charge on any atom is 0.247 e. The number of methoxy groups -OCH3 is 2. The Morgan fingerprint density at radius 3 is 2.47 bits per heavy atom. The van der Waals surface area contributed by atoms with Crippen molar-refractivity contribution < 1.29 is 19.0 Å². The molecule has 0 saturated heterocycles. The summed E-state index contributed by atoms with van der Waals surface area (Å²) in [7, 11) is 7.05. The van der Waals surface area contributed by atoms with Gasteiger partial charge in [0, 0.05) is 18.2 Å². The zero-order valence-corrected chi connectivity index (χ0v) is 19.7. The number of rotatable bonds is 11. The molecule has 0 atom stereocenters. The van der Waals surface area contributed by atoms with Crippen LogP contribution in [0.5, 0.6) is 17.2 Å². The Balaban J connectivity index is 1.91. The lowest BCUT2D eigenvalue weighted by atomic mass is 10.2. The summed E-state index contributed by atoms with van der Waals surface area (Å²) in [5.41, 5.74) is 1.80. The summed E-state index contributed by atoms with van der Waals surface area (Å²) in [5, 5.41) is 5.90. The van der Waals surface area contributed by atoms with Crippen LogP contribution >= 0.6 is 0 Å². The number of nitrogens with one attached hydrogen (secondary N) is 2. The predicted molar refractivity (Wildman–Crippen MR) is 131 cm³/mol. The van der Waals surface area contributed by atoms with E-state index in [2.05, 4.69) is 32.2 Å². The highest BCUT2D eigenvalue weighted by Crippen LogP contribution is 2.37. The van der Waals surface area contributed by atoms with Gasteiger partial charge in [-0.3, -0.25) is 4.79 Å². The minimum Gasteiger partial charge on any atom is -0.497 e. The van der Waals surface area contributed by atoms with Crippen LogP contribution in [0.3, 0.4) is 0 Å². The van der Waals surface area contributed by atoms with Crippen molar-refractivity contribution >= 4 is 23.2 Å². The third kappa shape index (κ3) is 6.42. The van der Waals surface area contributed by atoms with Crippen LogP contribution in [0.4, 0.5) is 17.3 Å². The number of hydrogen-bond acceptors (Lipinski definition) is 9. The van der Waals surface area contributed by atoms with Crippen LogP contribution in [0.25, 0.3) is 11.4 Å². The SMILES string of the molecule is C=CC(=O)Nc1cc(Nc2ncnc(-c3ccc(OC)cc3)n2)c(OC)cc1OCCN(C)C. The number of hydrogen-bond donors (Lipinski definition) is 2. The topological polar surface area (TPSA) is 111 Å². The van der Waals surface area contributed by atoms with Crippen molar-refractivity contribution in [3.8, 4) is 28.6 Å². The number of likely N-dealkylation sites (N-methyl/N-ethyl adjacent to an activating group) is 1. The van der Waals surface area contributed by atoms with Gasteiger partial charge >= 0.3 is 0 Å². The summed E-state index contributed by atoms with van der Waals surface area (Å²) in [5.74, 6) is 2.12. The van der Waals surface area contributed by atoms with Gasteiger partial charge in [-0.2, -0.15) is 4.98 Å². The van der Waals surface area contributed by atoms with Crippen LogP contribution in [-0.2, 0) is 4.79 Å². The van der Waals surface area contributed by atoms with E-state index in [9.17, 15) is 4.79 Å². The highest BCUT2D eigenvalue weighted by molar-refractivity contribution is 6.00. The van der Waals surface area contributed by atoms with Crippen LogP contribution in [0.2, 0.25) is 0 Å². The summed E-state index contributed by atoms with van der Waals surface area (Å²) < 4.78 is 16.6. The van der Waals surface area contributed by atoms with Crippen molar-refractivity contribution in [3.05, 3.63) is 55.4 Å². The van der Waals surface area contributed by atoms with E-state index in [-0.39, 0.29) is 5.91 Å². The molecule has 0 unspecified atom stereocenters. The Morgan fingerprint density at radius 1 is 1.06 bits per heavy atom. The molecule has 34 heavy (non-hydrogen) atoms. The van der Waals surface area contributed by atoms with E-state index in [1.54, 1.807) is 26.4 Å². The molecule has 2 aromatic carbocycles. The van der Waals surface area contributed by atoms with Gasteiger partial charge in [-0.05, 0) is 50.5 Å². The van der Waals surface area contributed by atoms with Crippen molar-refractivity contribution in [2.75, 3.05) is 52.1 Å². The van der Waals surface area contributed by atoms with Gasteiger partial charge in [-0.1, -0.05) is 6.58 Å². The van der Waals surface area contributed by atoms with Gasteiger partial charge in [-0.25, -0.2) is 9.97 Å². The lowest BCUT2D eigenvalue weighted by Gasteiger charge is -2.18. The minimum atomic E-state index is -0.365. The summed E-state index contributed by atoms with van der Waals surface area (Å²) in [6, 6.07) is 10.8. The summed E-state index contributed by atoms with van der Waals surface area (Å²) in [6.45, 7) is 4.64. The van der Waals surface area contributed by atoms with E-state index in [0.717, 1.165) is 11.3 Å². The third-order valence-corrected chi connectivity index (χ3v) is 4.71. The molecular formula is C24H28N6O4. The molecule has 0 fully saturated rings. The molecule has 0 saturated carbocycles. The summed E-state index contributed by atoms with van der Waals surface area (Å²) in [6.07, 6.45) is 2.61. The first-order valence-electron chi connectivity index (χ1n) is 10.5. The molecule has 10 nitrogen and oxygen atoms in total. The maximum atomic E-state index is 12.0. The second-order valence-electron chi connectivity index (χ2n) is 7.38. The van der Waals surface area contributed by atoms with E-state index in [0.29, 0.717) is 47.8 Å². The number of ether oxygens (including phenoxy) is 3. The van der Waals surface area contributed by atoms with Gasteiger partial charge in [-0.15, -0.1) is 0 Å². The van der Waals surface area contributed by atoms with Crippen LogP contribution in [0, 0.1) is 0 Å². The van der Waals surface area contributed by atoms with Crippen molar-refractivity contribution in [2.45, 2.75) is 0 Å². The van der Waals surface area contributed by atoms with Gasteiger partial charge in [0.25, 0.3) is 0 Å². The van der Waals surface area contributed by atoms with Crippen LogP contribution in [-0.4, -0.2) is 67.2 Å². The van der Waals surface area contributed by atoms with E-state index < -0.39 is 0 Å².